The van der Waals surface area contributed by atoms with Gasteiger partial charge in [-0.3, -0.25) is 20.2 Å². The Morgan fingerprint density at radius 3 is 2.54 bits per heavy atom. The second kappa shape index (κ2) is 8.58. The number of anilines is 1. The van der Waals surface area contributed by atoms with Crippen molar-refractivity contribution in [1.29, 1.82) is 0 Å². The number of hydrazine groups is 1. The molecule has 1 heterocycles. The molecule has 3 rings (SSSR count). The van der Waals surface area contributed by atoms with E-state index in [1.165, 1.54) is 5.56 Å². The van der Waals surface area contributed by atoms with E-state index in [1.807, 2.05) is 61.4 Å². The van der Waals surface area contributed by atoms with Crippen LogP contribution in [-0.4, -0.2) is 23.1 Å². The van der Waals surface area contributed by atoms with Gasteiger partial charge in [-0.15, -0.1) is 0 Å². The highest BCUT2D eigenvalue weighted by Crippen LogP contribution is 2.24. The van der Waals surface area contributed by atoms with Crippen LogP contribution < -0.4 is 10.7 Å². The van der Waals surface area contributed by atoms with Crippen molar-refractivity contribution in [2.45, 2.75) is 19.9 Å². The lowest BCUT2D eigenvalue weighted by Crippen LogP contribution is -2.39. The molecule has 6 heteroatoms. The van der Waals surface area contributed by atoms with E-state index in [1.54, 1.807) is 11.8 Å². The predicted molar refractivity (Wildman–Crippen MR) is 109 cm³/mol. The highest BCUT2D eigenvalue weighted by Gasteiger charge is 2.15. The van der Waals surface area contributed by atoms with Crippen molar-refractivity contribution in [1.82, 2.24) is 10.4 Å². The molecule has 2 aromatic rings. The Labute approximate surface area is 158 Å². The van der Waals surface area contributed by atoms with Crippen LogP contribution in [0.3, 0.4) is 0 Å². The first kappa shape index (κ1) is 18.1. The number of hydrogen-bond acceptors (Lipinski definition) is 4. The predicted octanol–water partition coefficient (Wildman–Crippen LogP) is 4.07. The Morgan fingerprint density at radius 1 is 1.15 bits per heavy atom. The standard InChI is InChI=1S/C20H22N4OS/c1-3-19(25)22-17-11-9-16(10-12-17)18-14-26-20(24(2)23-18)21-13-15-7-5-4-6-8-15/h4-12,14,23H,3,13H2,1-2H3,(H,22,25). The fourth-order valence-electron chi connectivity index (χ4n) is 2.45. The average Bonchev–Trinajstić information content (AvgIpc) is 2.68. The molecule has 0 unspecified atom stereocenters. The minimum Gasteiger partial charge on any atom is -0.326 e. The summed E-state index contributed by atoms with van der Waals surface area (Å²) >= 11 is 1.59. The van der Waals surface area contributed by atoms with Crippen LogP contribution in [0.4, 0.5) is 5.69 Å². The molecule has 0 saturated carbocycles. The van der Waals surface area contributed by atoms with E-state index in [0.29, 0.717) is 13.0 Å². The highest BCUT2D eigenvalue weighted by atomic mass is 32.2. The van der Waals surface area contributed by atoms with Gasteiger partial charge in [0.15, 0.2) is 5.17 Å². The summed E-state index contributed by atoms with van der Waals surface area (Å²) in [5.41, 5.74) is 7.40. The number of hydrogen-bond donors (Lipinski definition) is 2. The van der Waals surface area contributed by atoms with Crippen LogP contribution in [-0.2, 0) is 11.3 Å². The van der Waals surface area contributed by atoms with Crippen LogP contribution in [0.1, 0.15) is 24.5 Å². The van der Waals surface area contributed by atoms with Crippen LogP contribution in [0.5, 0.6) is 0 Å². The Bertz CT molecular complexity index is 815. The fourth-order valence-corrected chi connectivity index (χ4v) is 3.20. The molecule has 0 atom stereocenters. The number of carbonyl (C=O) groups is 1. The van der Waals surface area contributed by atoms with Gasteiger partial charge in [-0.25, -0.2) is 0 Å². The Hall–Kier alpha value is -2.73. The molecule has 0 aromatic heterocycles. The number of benzene rings is 2. The summed E-state index contributed by atoms with van der Waals surface area (Å²) in [6.45, 7) is 2.49. The van der Waals surface area contributed by atoms with E-state index >= 15 is 0 Å². The largest absolute Gasteiger partial charge is 0.326 e. The third kappa shape index (κ3) is 4.67. The maximum Gasteiger partial charge on any atom is 0.224 e. The Kier molecular flexibility index (Phi) is 5.96. The third-order valence-electron chi connectivity index (χ3n) is 3.90. The SMILES string of the molecule is CCC(=O)Nc1ccc(C2=CSC(=NCc3ccccc3)N(C)N2)cc1. The number of nitrogens with zero attached hydrogens (tertiary/aromatic N) is 2. The molecule has 0 saturated heterocycles. The van der Waals surface area contributed by atoms with Gasteiger partial charge in [0.25, 0.3) is 0 Å². The van der Waals surface area contributed by atoms with Crippen molar-refractivity contribution in [2.24, 2.45) is 4.99 Å². The topological polar surface area (TPSA) is 56.7 Å². The zero-order valence-corrected chi connectivity index (χ0v) is 15.7. The van der Waals surface area contributed by atoms with Gasteiger partial charge in [0, 0.05) is 30.1 Å². The van der Waals surface area contributed by atoms with Gasteiger partial charge >= 0.3 is 0 Å². The number of thioether (sulfide) groups is 1. The summed E-state index contributed by atoms with van der Waals surface area (Å²) in [6.07, 6.45) is 0.473. The zero-order chi connectivity index (χ0) is 18.4. The summed E-state index contributed by atoms with van der Waals surface area (Å²) in [5.74, 6) is 0.0160. The number of nitrogens with one attached hydrogen (secondary N) is 2. The van der Waals surface area contributed by atoms with Crippen molar-refractivity contribution < 1.29 is 4.79 Å². The number of carbonyl (C=O) groups excluding carboxylic acids is 1. The molecule has 0 spiro atoms. The van der Waals surface area contributed by atoms with Crippen LogP contribution in [0.25, 0.3) is 5.70 Å². The normalized spacial score (nSPS) is 15.4. The van der Waals surface area contributed by atoms with Gasteiger partial charge in [0.1, 0.15) is 0 Å². The fraction of sp³-hybridized carbons (Fsp3) is 0.200. The lowest BCUT2D eigenvalue weighted by molar-refractivity contribution is -0.115. The van der Waals surface area contributed by atoms with Crippen molar-refractivity contribution in [3.05, 3.63) is 71.1 Å². The molecule has 0 aliphatic carbocycles. The van der Waals surface area contributed by atoms with Gasteiger partial charge in [-0.05, 0) is 17.7 Å². The molecule has 5 nitrogen and oxygen atoms in total. The van der Waals surface area contributed by atoms with Crippen LogP contribution in [0.15, 0.2) is 65.0 Å². The Morgan fingerprint density at radius 2 is 1.88 bits per heavy atom. The molecule has 1 aliphatic heterocycles. The van der Waals surface area contributed by atoms with Gasteiger partial charge in [-0.1, -0.05) is 61.2 Å². The van der Waals surface area contributed by atoms with Gasteiger partial charge in [-0.2, -0.15) is 0 Å². The van der Waals surface area contributed by atoms with E-state index in [0.717, 1.165) is 22.1 Å². The molecule has 1 aliphatic rings. The first-order valence-electron chi connectivity index (χ1n) is 8.51. The van der Waals surface area contributed by atoms with Gasteiger partial charge < -0.3 is 5.32 Å². The first-order chi connectivity index (χ1) is 12.7. The summed E-state index contributed by atoms with van der Waals surface area (Å²) in [5, 5.41) is 7.76. The molecule has 2 N–H and O–H groups in total. The monoisotopic (exact) mass is 366 g/mol. The van der Waals surface area contributed by atoms with Gasteiger partial charge in [0.05, 0.1) is 12.2 Å². The van der Waals surface area contributed by atoms with Crippen LogP contribution in [0, 0.1) is 0 Å². The average molecular weight is 366 g/mol. The summed E-state index contributed by atoms with van der Waals surface area (Å²) in [4.78, 5) is 16.1. The number of amidine groups is 1. The smallest absolute Gasteiger partial charge is 0.224 e. The lowest BCUT2D eigenvalue weighted by Gasteiger charge is -2.28. The molecular weight excluding hydrogens is 344 g/mol. The quantitative estimate of drug-likeness (QED) is 0.837. The van der Waals surface area contributed by atoms with Crippen molar-refractivity contribution in [3.8, 4) is 0 Å². The molecule has 134 valence electrons. The van der Waals surface area contributed by atoms with Crippen molar-refractivity contribution >= 4 is 34.2 Å². The Balaban J connectivity index is 1.66. The molecule has 26 heavy (non-hydrogen) atoms. The summed E-state index contributed by atoms with van der Waals surface area (Å²) in [6, 6.07) is 18.0. The number of aliphatic imine (C=N–C) groups is 1. The maximum atomic E-state index is 11.5. The van der Waals surface area contributed by atoms with Crippen molar-refractivity contribution in [3.63, 3.8) is 0 Å². The molecule has 0 bridgehead atoms. The summed E-state index contributed by atoms with van der Waals surface area (Å²) < 4.78 is 0. The van der Waals surface area contributed by atoms with E-state index in [2.05, 4.69) is 33.3 Å². The number of amides is 1. The second-order valence-electron chi connectivity index (χ2n) is 5.88. The van der Waals surface area contributed by atoms with Gasteiger partial charge in [0.2, 0.25) is 5.91 Å². The van der Waals surface area contributed by atoms with E-state index < -0.39 is 0 Å². The van der Waals surface area contributed by atoms with E-state index in [9.17, 15) is 4.79 Å². The number of rotatable bonds is 5. The summed E-state index contributed by atoms with van der Waals surface area (Å²) in [7, 11) is 1.96. The molecule has 0 fully saturated rings. The lowest BCUT2D eigenvalue weighted by atomic mass is 10.1. The minimum atomic E-state index is 0.0160. The van der Waals surface area contributed by atoms with Crippen LogP contribution >= 0.6 is 11.8 Å². The molecule has 1 amide bonds. The second-order valence-corrected chi connectivity index (χ2v) is 6.72. The maximum absolute atomic E-state index is 11.5. The molecule has 0 radical (unpaired) electrons. The molecular formula is C20H22N4OS. The van der Waals surface area contributed by atoms with E-state index in [-0.39, 0.29) is 5.91 Å². The minimum absolute atomic E-state index is 0.0160. The van der Waals surface area contributed by atoms with Crippen LogP contribution in [0.2, 0.25) is 0 Å². The zero-order valence-electron chi connectivity index (χ0n) is 14.9. The highest BCUT2D eigenvalue weighted by molar-refractivity contribution is 8.16. The molecule has 2 aromatic carbocycles. The first-order valence-corrected chi connectivity index (χ1v) is 9.39. The third-order valence-corrected chi connectivity index (χ3v) is 4.87. The van der Waals surface area contributed by atoms with Crippen molar-refractivity contribution in [2.75, 3.05) is 12.4 Å². The van der Waals surface area contributed by atoms with E-state index in [4.69, 9.17) is 0 Å².